The maximum Gasteiger partial charge on any atom is 0.267 e. The predicted molar refractivity (Wildman–Crippen MR) is 108 cm³/mol. The van der Waals surface area contributed by atoms with Gasteiger partial charge in [-0.1, -0.05) is 18.9 Å². The highest BCUT2D eigenvalue weighted by molar-refractivity contribution is 5.99. The maximum absolute atomic E-state index is 12.9. The van der Waals surface area contributed by atoms with Gasteiger partial charge in [-0.25, -0.2) is 0 Å². The Labute approximate surface area is 165 Å². The minimum atomic E-state index is -0.0748. The Kier molecular flexibility index (Phi) is 5.54. The molecule has 1 aromatic heterocycles. The number of nitrogens with zero attached hydrogens (tertiary/aromatic N) is 1. The Morgan fingerprint density at radius 2 is 2.14 bits per heavy atom. The van der Waals surface area contributed by atoms with Crippen LogP contribution in [-0.2, 0) is 0 Å². The van der Waals surface area contributed by atoms with Gasteiger partial charge in [0.25, 0.3) is 5.91 Å². The normalized spacial score (nSPS) is 23.1. The fourth-order valence-corrected chi connectivity index (χ4v) is 4.34. The minimum absolute atomic E-state index is 0.0422. The van der Waals surface area contributed by atoms with Crippen molar-refractivity contribution in [1.29, 1.82) is 5.26 Å². The molecule has 2 fully saturated rings. The van der Waals surface area contributed by atoms with Crippen LogP contribution in [0.25, 0.3) is 10.9 Å². The van der Waals surface area contributed by atoms with Gasteiger partial charge in [-0.15, -0.1) is 0 Å². The largest absolute Gasteiger partial charge is 0.496 e. The number of carbonyl (C=O) groups excluding carboxylic acids is 1. The molecular formula is C22H28N4O2. The molecule has 1 heterocycles. The molecule has 3 N–H and O–H groups in total. The number of benzene rings is 1. The fourth-order valence-electron chi connectivity index (χ4n) is 4.34. The molecule has 2 aliphatic rings. The second kappa shape index (κ2) is 8.24. The summed E-state index contributed by atoms with van der Waals surface area (Å²) in [6.45, 7) is 0.792. The Morgan fingerprint density at radius 3 is 2.89 bits per heavy atom. The van der Waals surface area contributed by atoms with Gasteiger partial charge in [0, 0.05) is 23.5 Å². The molecule has 0 aliphatic heterocycles. The molecule has 1 aromatic carbocycles. The number of hydrogen-bond acceptors (Lipinski definition) is 4. The van der Waals surface area contributed by atoms with Gasteiger partial charge in [-0.3, -0.25) is 4.79 Å². The van der Waals surface area contributed by atoms with Crippen molar-refractivity contribution < 1.29 is 9.53 Å². The Balaban J connectivity index is 1.42. The molecule has 2 saturated carbocycles. The summed E-state index contributed by atoms with van der Waals surface area (Å²) in [4.78, 5) is 16.1. The number of fused-ring (bicyclic) bond motifs is 1. The number of H-pyrrole nitrogens is 1. The number of aromatic amines is 1. The van der Waals surface area contributed by atoms with Crippen LogP contribution in [0, 0.1) is 23.2 Å². The van der Waals surface area contributed by atoms with Gasteiger partial charge in [-0.2, -0.15) is 5.26 Å². The third-order valence-electron chi connectivity index (χ3n) is 6.15. The average Bonchev–Trinajstić information content (AvgIpc) is 3.46. The van der Waals surface area contributed by atoms with Crippen molar-refractivity contribution in [2.75, 3.05) is 13.7 Å². The molecule has 148 valence electrons. The number of nitriles is 1. The number of rotatable bonds is 7. The molecule has 2 aromatic rings. The van der Waals surface area contributed by atoms with Crippen LogP contribution in [-0.4, -0.2) is 36.6 Å². The molecule has 2 aliphatic carbocycles. The lowest BCUT2D eigenvalue weighted by atomic mass is 9.84. The van der Waals surface area contributed by atoms with Gasteiger partial charge in [0.1, 0.15) is 11.4 Å². The van der Waals surface area contributed by atoms with Crippen molar-refractivity contribution in [2.45, 2.75) is 50.6 Å². The van der Waals surface area contributed by atoms with E-state index in [0.717, 1.165) is 55.3 Å². The van der Waals surface area contributed by atoms with Crippen LogP contribution in [0.3, 0.4) is 0 Å². The predicted octanol–water partition coefficient (Wildman–Crippen LogP) is 3.36. The Bertz CT molecular complexity index is 880. The van der Waals surface area contributed by atoms with Gasteiger partial charge in [0.05, 0.1) is 19.2 Å². The van der Waals surface area contributed by atoms with Crippen molar-refractivity contribution in [2.24, 2.45) is 11.8 Å². The molecule has 0 spiro atoms. The van der Waals surface area contributed by atoms with Gasteiger partial charge in [0.15, 0.2) is 0 Å². The number of nitrogens with one attached hydrogen (secondary N) is 3. The number of amides is 1. The van der Waals surface area contributed by atoms with E-state index in [2.05, 4.69) is 21.7 Å². The van der Waals surface area contributed by atoms with Crippen molar-refractivity contribution in [3.63, 3.8) is 0 Å². The summed E-state index contributed by atoms with van der Waals surface area (Å²) in [5, 5.41) is 16.9. The number of hydrogen-bond donors (Lipinski definition) is 3. The molecule has 0 bridgehead atoms. The third kappa shape index (κ3) is 4.00. The van der Waals surface area contributed by atoms with Gasteiger partial charge in [0.2, 0.25) is 0 Å². The molecule has 6 nitrogen and oxygen atoms in total. The van der Waals surface area contributed by atoms with E-state index in [4.69, 9.17) is 4.74 Å². The first kappa shape index (κ1) is 18.8. The minimum Gasteiger partial charge on any atom is -0.496 e. The van der Waals surface area contributed by atoms with E-state index in [-0.39, 0.29) is 18.0 Å². The Morgan fingerprint density at radius 1 is 1.32 bits per heavy atom. The summed E-state index contributed by atoms with van der Waals surface area (Å²) < 4.78 is 5.39. The zero-order chi connectivity index (χ0) is 19.5. The van der Waals surface area contributed by atoms with Crippen molar-refractivity contribution >= 4 is 16.8 Å². The average molecular weight is 380 g/mol. The van der Waals surface area contributed by atoms with E-state index < -0.39 is 0 Å². The van der Waals surface area contributed by atoms with Crippen LogP contribution in [0.1, 0.15) is 49.0 Å². The summed E-state index contributed by atoms with van der Waals surface area (Å²) in [6, 6.07) is 10.1. The quantitative estimate of drug-likeness (QED) is 0.687. The zero-order valence-electron chi connectivity index (χ0n) is 16.3. The summed E-state index contributed by atoms with van der Waals surface area (Å²) in [5.41, 5.74) is 1.46. The Hall–Kier alpha value is -2.52. The number of carbonyl (C=O) groups is 1. The number of ether oxygens (including phenoxy) is 1. The summed E-state index contributed by atoms with van der Waals surface area (Å²) in [7, 11) is 1.64. The van der Waals surface area contributed by atoms with Crippen LogP contribution in [0.2, 0.25) is 0 Å². The molecule has 6 heteroatoms. The number of methoxy groups -OCH3 is 1. The lowest BCUT2D eigenvalue weighted by Gasteiger charge is -2.33. The molecule has 1 unspecified atom stereocenters. The first-order valence-electron chi connectivity index (χ1n) is 10.3. The second-order valence-electron chi connectivity index (χ2n) is 8.08. The van der Waals surface area contributed by atoms with E-state index in [1.54, 1.807) is 7.11 Å². The van der Waals surface area contributed by atoms with E-state index in [9.17, 15) is 10.1 Å². The van der Waals surface area contributed by atoms with E-state index in [0.29, 0.717) is 17.5 Å². The molecule has 0 saturated heterocycles. The van der Waals surface area contributed by atoms with E-state index in [1.165, 1.54) is 6.42 Å². The molecule has 0 radical (unpaired) electrons. The first-order valence-corrected chi connectivity index (χ1v) is 10.3. The summed E-state index contributed by atoms with van der Waals surface area (Å²) in [6.07, 6.45) is 6.69. The molecular weight excluding hydrogens is 352 g/mol. The van der Waals surface area contributed by atoms with Crippen molar-refractivity contribution in [3.8, 4) is 11.8 Å². The van der Waals surface area contributed by atoms with Crippen LogP contribution in [0.5, 0.6) is 5.75 Å². The molecule has 3 atom stereocenters. The monoisotopic (exact) mass is 380 g/mol. The highest BCUT2D eigenvalue weighted by Crippen LogP contribution is 2.33. The highest BCUT2D eigenvalue weighted by atomic mass is 16.5. The summed E-state index contributed by atoms with van der Waals surface area (Å²) in [5.74, 6) is 1.57. The first-order chi connectivity index (χ1) is 13.7. The standard InChI is InChI=1S/C22H28N4O2/c1-28-21-8-4-7-18-16(21)11-19(25-18)22(27)26-17-6-3-2-5-15(17)13-24-20(12-23)14-9-10-14/h4,7-8,11,14-15,17,20,24-25H,2-3,5-6,9-10,13H2,1H3,(H,26,27)/t15-,17+,20?/m1/s1. The van der Waals surface area contributed by atoms with E-state index in [1.807, 2.05) is 24.3 Å². The van der Waals surface area contributed by atoms with Crippen LogP contribution in [0.4, 0.5) is 0 Å². The maximum atomic E-state index is 12.9. The summed E-state index contributed by atoms with van der Waals surface area (Å²) >= 11 is 0. The lowest BCUT2D eigenvalue weighted by Crippen LogP contribution is -2.47. The molecule has 28 heavy (non-hydrogen) atoms. The van der Waals surface area contributed by atoms with Crippen LogP contribution < -0.4 is 15.4 Å². The van der Waals surface area contributed by atoms with Gasteiger partial charge < -0.3 is 20.4 Å². The lowest BCUT2D eigenvalue weighted by molar-refractivity contribution is 0.0900. The SMILES string of the molecule is COc1cccc2[nH]c(C(=O)N[C@H]3CCCC[C@@H]3CNC(C#N)C3CC3)cc12. The van der Waals surface area contributed by atoms with Crippen molar-refractivity contribution in [1.82, 2.24) is 15.6 Å². The second-order valence-corrected chi connectivity index (χ2v) is 8.08. The van der Waals surface area contributed by atoms with E-state index >= 15 is 0 Å². The molecule has 4 rings (SSSR count). The van der Waals surface area contributed by atoms with Crippen LogP contribution in [0.15, 0.2) is 24.3 Å². The highest BCUT2D eigenvalue weighted by Gasteiger charge is 2.33. The fraction of sp³-hybridized carbons (Fsp3) is 0.545. The molecule has 1 amide bonds. The van der Waals surface area contributed by atoms with Gasteiger partial charge >= 0.3 is 0 Å². The number of aromatic nitrogens is 1. The van der Waals surface area contributed by atoms with Gasteiger partial charge in [-0.05, 0) is 55.7 Å². The third-order valence-corrected chi connectivity index (χ3v) is 6.15. The van der Waals surface area contributed by atoms with Crippen molar-refractivity contribution in [3.05, 3.63) is 30.0 Å². The smallest absolute Gasteiger partial charge is 0.267 e. The topological polar surface area (TPSA) is 89.9 Å². The van der Waals surface area contributed by atoms with Crippen LogP contribution >= 0.6 is 0 Å². The zero-order valence-corrected chi connectivity index (χ0v) is 16.3.